The van der Waals surface area contributed by atoms with Crippen molar-refractivity contribution in [3.63, 3.8) is 0 Å². The maximum absolute atomic E-state index is 11.2. The monoisotopic (exact) mass is 201 g/mol. The Morgan fingerprint density at radius 1 is 1.64 bits per heavy atom. The fraction of sp³-hybridized carbons (Fsp3) is 0.900. The van der Waals surface area contributed by atoms with E-state index in [1.165, 1.54) is 12.8 Å². The normalized spacial score (nSPS) is 20.2. The molecule has 0 aromatic carbocycles. The predicted octanol–water partition coefficient (Wildman–Crippen LogP) is 0.298. The van der Waals surface area contributed by atoms with Crippen molar-refractivity contribution in [2.45, 2.75) is 38.3 Å². The molecule has 0 saturated heterocycles. The molecule has 1 fully saturated rings. The first-order valence-corrected chi connectivity index (χ1v) is 5.21. The van der Waals surface area contributed by atoms with Crippen LogP contribution < -0.4 is 5.32 Å². The molecule has 0 bridgehead atoms. The first-order valence-electron chi connectivity index (χ1n) is 5.21. The van der Waals surface area contributed by atoms with Crippen LogP contribution in [0.1, 0.15) is 26.2 Å². The van der Waals surface area contributed by atoms with Gasteiger partial charge in [0.2, 0.25) is 0 Å². The molecule has 2 N–H and O–H groups in total. The fourth-order valence-electron chi connectivity index (χ4n) is 1.51. The molecule has 4 heteroatoms. The summed E-state index contributed by atoms with van der Waals surface area (Å²) in [7, 11) is 1.76. The van der Waals surface area contributed by atoms with Crippen molar-refractivity contribution in [3.05, 3.63) is 0 Å². The van der Waals surface area contributed by atoms with Crippen molar-refractivity contribution in [1.29, 1.82) is 0 Å². The summed E-state index contributed by atoms with van der Waals surface area (Å²) in [4.78, 5) is 11.2. The second-order valence-corrected chi connectivity index (χ2v) is 3.77. The number of hydrogen-bond acceptors (Lipinski definition) is 4. The summed E-state index contributed by atoms with van der Waals surface area (Å²) in [5, 5.41) is 12.6. The molecule has 4 nitrogen and oxygen atoms in total. The molecule has 0 amide bonds. The van der Waals surface area contributed by atoms with Crippen LogP contribution in [-0.4, -0.2) is 36.9 Å². The molecule has 1 saturated carbocycles. The van der Waals surface area contributed by atoms with Gasteiger partial charge < -0.3 is 15.2 Å². The number of esters is 1. The molecule has 1 aliphatic rings. The standard InChI is InChI=1S/C10H19NO3/c1-3-14-10(13)9(12)8(11-2)6-7-4-5-7/h7-9,11-12H,3-6H2,1-2H3. The van der Waals surface area contributed by atoms with Gasteiger partial charge in [-0.05, 0) is 26.3 Å². The van der Waals surface area contributed by atoms with E-state index in [0.29, 0.717) is 12.5 Å². The highest BCUT2D eigenvalue weighted by atomic mass is 16.5. The molecule has 2 unspecified atom stereocenters. The van der Waals surface area contributed by atoms with Gasteiger partial charge >= 0.3 is 5.97 Å². The molecule has 0 aliphatic heterocycles. The number of carbonyl (C=O) groups is 1. The van der Waals surface area contributed by atoms with E-state index in [-0.39, 0.29) is 6.04 Å². The Bertz CT molecular complexity index is 192. The molecule has 1 rings (SSSR count). The SMILES string of the molecule is CCOC(=O)C(O)C(CC1CC1)NC. The topological polar surface area (TPSA) is 58.6 Å². The quantitative estimate of drug-likeness (QED) is 0.607. The van der Waals surface area contributed by atoms with Gasteiger partial charge in [-0.3, -0.25) is 0 Å². The Labute approximate surface area is 84.6 Å². The summed E-state index contributed by atoms with van der Waals surface area (Å²) in [6.45, 7) is 2.05. The van der Waals surface area contributed by atoms with Crippen molar-refractivity contribution < 1.29 is 14.6 Å². The largest absolute Gasteiger partial charge is 0.464 e. The third kappa shape index (κ3) is 3.27. The molecule has 0 spiro atoms. The lowest BCUT2D eigenvalue weighted by molar-refractivity contribution is -0.154. The van der Waals surface area contributed by atoms with Crippen LogP contribution in [0, 0.1) is 5.92 Å². The third-order valence-corrected chi connectivity index (χ3v) is 2.56. The minimum Gasteiger partial charge on any atom is -0.464 e. The molecule has 14 heavy (non-hydrogen) atoms. The number of hydrogen-bond donors (Lipinski definition) is 2. The average molecular weight is 201 g/mol. The minimum atomic E-state index is -1.03. The lowest BCUT2D eigenvalue weighted by Crippen LogP contribution is -2.43. The Balaban J connectivity index is 2.36. The molecule has 82 valence electrons. The van der Waals surface area contributed by atoms with E-state index in [0.717, 1.165) is 6.42 Å². The van der Waals surface area contributed by atoms with Gasteiger partial charge in [-0.2, -0.15) is 0 Å². The smallest absolute Gasteiger partial charge is 0.336 e. The molecule has 0 heterocycles. The highest BCUT2D eigenvalue weighted by Gasteiger charge is 2.32. The number of ether oxygens (including phenoxy) is 1. The molecule has 0 radical (unpaired) electrons. The van der Waals surface area contributed by atoms with Gasteiger partial charge in [0, 0.05) is 6.04 Å². The number of rotatable bonds is 6. The number of likely N-dealkylation sites (N-methyl/N-ethyl adjacent to an activating group) is 1. The Kier molecular flexibility index (Phi) is 4.35. The lowest BCUT2D eigenvalue weighted by Gasteiger charge is -2.20. The van der Waals surface area contributed by atoms with E-state index in [4.69, 9.17) is 4.74 Å². The number of carbonyl (C=O) groups excluding carboxylic acids is 1. The first-order chi connectivity index (χ1) is 6.69. The maximum atomic E-state index is 11.2. The fourth-order valence-corrected chi connectivity index (χ4v) is 1.51. The molecule has 0 aromatic rings. The van der Waals surface area contributed by atoms with Crippen LogP contribution in [0.3, 0.4) is 0 Å². The van der Waals surface area contributed by atoms with Crippen LogP contribution in [-0.2, 0) is 9.53 Å². The van der Waals surface area contributed by atoms with Crippen molar-refractivity contribution in [2.75, 3.05) is 13.7 Å². The number of nitrogens with one attached hydrogen (secondary N) is 1. The van der Waals surface area contributed by atoms with Crippen molar-refractivity contribution >= 4 is 5.97 Å². The first kappa shape index (κ1) is 11.5. The summed E-state index contributed by atoms with van der Waals surface area (Å²) < 4.78 is 4.76. The molecule has 1 aliphatic carbocycles. The third-order valence-electron chi connectivity index (χ3n) is 2.56. The minimum absolute atomic E-state index is 0.165. The van der Waals surface area contributed by atoms with E-state index in [1.807, 2.05) is 0 Å². The van der Waals surface area contributed by atoms with Crippen LogP contribution in [0.4, 0.5) is 0 Å². The van der Waals surface area contributed by atoms with E-state index < -0.39 is 12.1 Å². The van der Waals surface area contributed by atoms with Crippen LogP contribution in [0.2, 0.25) is 0 Å². The molecule has 2 atom stereocenters. The molecular formula is C10H19NO3. The summed E-state index contributed by atoms with van der Waals surface area (Å²) in [6.07, 6.45) is 2.26. The van der Waals surface area contributed by atoms with Crippen molar-refractivity contribution in [1.82, 2.24) is 5.32 Å². The predicted molar refractivity (Wildman–Crippen MR) is 52.8 cm³/mol. The van der Waals surface area contributed by atoms with Gasteiger partial charge in [0.05, 0.1) is 6.61 Å². The number of aliphatic hydroxyl groups excluding tert-OH is 1. The van der Waals surface area contributed by atoms with Gasteiger partial charge in [0.1, 0.15) is 0 Å². The molecule has 0 aromatic heterocycles. The highest BCUT2D eigenvalue weighted by Crippen LogP contribution is 2.34. The van der Waals surface area contributed by atoms with Crippen molar-refractivity contribution in [2.24, 2.45) is 5.92 Å². The van der Waals surface area contributed by atoms with Crippen LogP contribution in [0.15, 0.2) is 0 Å². The molecular weight excluding hydrogens is 182 g/mol. The van der Waals surface area contributed by atoms with Gasteiger partial charge in [-0.1, -0.05) is 12.8 Å². The lowest BCUT2D eigenvalue weighted by atomic mass is 10.0. The Morgan fingerprint density at radius 3 is 2.71 bits per heavy atom. The Hall–Kier alpha value is -0.610. The van der Waals surface area contributed by atoms with E-state index in [2.05, 4.69) is 5.32 Å². The second-order valence-electron chi connectivity index (χ2n) is 3.77. The number of aliphatic hydroxyl groups is 1. The zero-order chi connectivity index (χ0) is 10.6. The van der Waals surface area contributed by atoms with E-state index >= 15 is 0 Å². The van der Waals surface area contributed by atoms with Gasteiger partial charge in [-0.25, -0.2) is 4.79 Å². The van der Waals surface area contributed by atoms with Crippen molar-refractivity contribution in [3.8, 4) is 0 Å². The van der Waals surface area contributed by atoms with Crippen LogP contribution in [0.5, 0.6) is 0 Å². The zero-order valence-corrected chi connectivity index (χ0v) is 8.82. The highest BCUT2D eigenvalue weighted by molar-refractivity contribution is 5.75. The summed E-state index contributed by atoms with van der Waals surface area (Å²) in [5.74, 6) is 0.157. The average Bonchev–Trinajstić information content (AvgIpc) is 2.97. The summed E-state index contributed by atoms with van der Waals surface area (Å²) in [6, 6.07) is -0.165. The van der Waals surface area contributed by atoms with Crippen LogP contribution >= 0.6 is 0 Å². The zero-order valence-electron chi connectivity index (χ0n) is 8.82. The second kappa shape index (κ2) is 5.32. The summed E-state index contributed by atoms with van der Waals surface area (Å²) in [5.41, 5.74) is 0. The van der Waals surface area contributed by atoms with E-state index in [1.54, 1.807) is 14.0 Å². The van der Waals surface area contributed by atoms with Gasteiger partial charge in [-0.15, -0.1) is 0 Å². The maximum Gasteiger partial charge on any atom is 0.336 e. The van der Waals surface area contributed by atoms with Gasteiger partial charge in [0.25, 0.3) is 0 Å². The van der Waals surface area contributed by atoms with Crippen LogP contribution in [0.25, 0.3) is 0 Å². The van der Waals surface area contributed by atoms with E-state index in [9.17, 15) is 9.90 Å². The van der Waals surface area contributed by atoms with Gasteiger partial charge in [0.15, 0.2) is 6.10 Å². The summed E-state index contributed by atoms with van der Waals surface area (Å²) >= 11 is 0. The Morgan fingerprint density at radius 2 is 2.29 bits per heavy atom.